The zero-order valence-corrected chi connectivity index (χ0v) is 9.50. The van der Waals surface area contributed by atoms with E-state index in [1.54, 1.807) is 0 Å². The highest BCUT2D eigenvalue weighted by atomic mass is 32.1. The molecule has 78 valence electrons. The van der Waals surface area contributed by atoms with Crippen molar-refractivity contribution in [2.45, 2.75) is 19.4 Å². The fourth-order valence-corrected chi connectivity index (χ4v) is 1.88. The second-order valence-corrected chi connectivity index (χ2v) is 4.12. The topological polar surface area (TPSA) is 20.7 Å². The number of nitrogens with one attached hydrogen (secondary N) is 1. The van der Waals surface area contributed by atoms with Crippen molar-refractivity contribution < 1.29 is 0 Å². The molecule has 1 atom stereocenters. The first-order valence-electron chi connectivity index (χ1n) is 5.06. The molecule has 1 aromatic heterocycles. The lowest BCUT2D eigenvalue weighted by Gasteiger charge is -2.12. The van der Waals surface area contributed by atoms with Crippen molar-refractivity contribution in [3.05, 3.63) is 53.1 Å². The third-order valence-electron chi connectivity index (χ3n) is 2.56. The minimum atomic E-state index is 0.480. The predicted molar refractivity (Wildman–Crippen MR) is 64.5 cm³/mol. The molecule has 15 heavy (non-hydrogen) atoms. The molecular formula is C12H14N2S. The number of hydrogen-bond donors (Lipinski definition) is 1. The molecule has 0 radical (unpaired) electrons. The summed E-state index contributed by atoms with van der Waals surface area (Å²) in [6, 6.07) is 10.5. The Labute approximate surface area is 94.6 Å². The SMILES string of the molecule is CC(Cn1cc[nH]c1=S)c1ccccc1. The monoisotopic (exact) mass is 218 g/mol. The Kier molecular flexibility index (Phi) is 3.02. The van der Waals surface area contributed by atoms with Gasteiger partial charge in [-0.3, -0.25) is 0 Å². The maximum atomic E-state index is 5.16. The molecule has 0 saturated heterocycles. The fourth-order valence-electron chi connectivity index (χ4n) is 1.67. The molecule has 0 amide bonds. The number of benzene rings is 1. The summed E-state index contributed by atoms with van der Waals surface area (Å²) < 4.78 is 2.85. The van der Waals surface area contributed by atoms with Crippen LogP contribution in [0.1, 0.15) is 18.4 Å². The van der Waals surface area contributed by atoms with Crippen LogP contribution in [0.2, 0.25) is 0 Å². The molecule has 0 saturated carbocycles. The molecule has 3 heteroatoms. The van der Waals surface area contributed by atoms with Gasteiger partial charge in [0.05, 0.1) is 0 Å². The van der Waals surface area contributed by atoms with Gasteiger partial charge in [0.15, 0.2) is 4.77 Å². The Morgan fingerprint density at radius 2 is 2.07 bits per heavy atom. The molecule has 1 N–H and O–H groups in total. The summed E-state index contributed by atoms with van der Waals surface area (Å²) in [5, 5.41) is 0. The Balaban J connectivity index is 2.14. The molecular weight excluding hydrogens is 204 g/mol. The lowest BCUT2D eigenvalue weighted by molar-refractivity contribution is 0.591. The van der Waals surface area contributed by atoms with Crippen molar-refractivity contribution in [2.24, 2.45) is 0 Å². The van der Waals surface area contributed by atoms with Crippen molar-refractivity contribution in [1.82, 2.24) is 9.55 Å². The van der Waals surface area contributed by atoms with Gasteiger partial charge in [0.1, 0.15) is 0 Å². The molecule has 0 spiro atoms. The van der Waals surface area contributed by atoms with Crippen LogP contribution in [0.25, 0.3) is 0 Å². The van der Waals surface area contributed by atoms with Gasteiger partial charge < -0.3 is 9.55 Å². The van der Waals surface area contributed by atoms with Gasteiger partial charge in [-0.05, 0) is 23.7 Å². The van der Waals surface area contributed by atoms with Crippen LogP contribution in [-0.4, -0.2) is 9.55 Å². The van der Waals surface area contributed by atoms with Gasteiger partial charge >= 0.3 is 0 Å². The van der Waals surface area contributed by atoms with Gasteiger partial charge in [0, 0.05) is 18.9 Å². The fraction of sp³-hybridized carbons (Fsp3) is 0.250. The molecule has 1 heterocycles. The quantitative estimate of drug-likeness (QED) is 0.783. The van der Waals surface area contributed by atoms with Crippen LogP contribution in [0.5, 0.6) is 0 Å². The van der Waals surface area contributed by atoms with Crippen molar-refractivity contribution in [3.8, 4) is 0 Å². The Morgan fingerprint density at radius 1 is 1.33 bits per heavy atom. The Morgan fingerprint density at radius 3 is 2.67 bits per heavy atom. The van der Waals surface area contributed by atoms with Crippen LogP contribution in [0.4, 0.5) is 0 Å². The minimum absolute atomic E-state index is 0.480. The zero-order chi connectivity index (χ0) is 10.7. The van der Waals surface area contributed by atoms with Crippen LogP contribution in [0.3, 0.4) is 0 Å². The van der Waals surface area contributed by atoms with E-state index in [1.807, 2.05) is 18.5 Å². The van der Waals surface area contributed by atoms with Gasteiger partial charge in [-0.15, -0.1) is 0 Å². The van der Waals surface area contributed by atoms with E-state index in [-0.39, 0.29) is 0 Å². The average molecular weight is 218 g/mol. The van der Waals surface area contributed by atoms with Gasteiger partial charge in [-0.1, -0.05) is 37.3 Å². The third kappa shape index (κ3) is 2.36. The summed E-state index contributed by atoms with van der Waals surface area (Å²) in [5.41, 5.74) is 1.35. The van der Waals surface area contributed by atoms with Crippen molar-refractivity contribution in [2.75, 3.05) is 0 Å². The Bertz CT molecular complexity index is 470. The summed E-state index contributed by atoms with van der Waals surface area (Å²) in [6.07, 6.45) is 3.86. The first kappa shape index (κ1) is 10.2. The first-order valence-corrected chi connectivity index (χ1v) is 5.47. The van der Waals surface area contributed by atoms with E-state index in [4.69, 9.17) is 12.2 Å². The van der Waals surface area contributed by atoms with E-state index in [0.29, 0.717) is 5.92 Å². The van der Waals surface area contributed by atoms with E-state index in [9.17, 15) is 0 Å². The zero-order valence-electron chi connectivity index (χ0n) is 8.68. The average Bonchev–Trinajstić information content (AvgIpc) is 2.66. The molecule has 0 bridgehead atoms. The number of aromatic nitrogens is 2. The molecule has 0 aliphatic carbocycles. The van der Waals surface area contributed by atoms with Crippen molar-refractivity contribution in [3.63, 3.8) is 0 Å². The predicted octanol–water partition coefficient (Wildman–Crippen LogP) is 3.35. The number of rotatable bonds is 3. The van der Waals surface area contributed by atoms with Gasteiger partial charge in [0.25, 0.3) is 0 Å². The maximum absolute atomic E-state index is 5.16. The first-order chi connectivity index (χ1) is 7.27. The van der Waals surface area contributed by atoms with Crippen LogP contribution in [0.15, 0.2) is 42.7 Å². The van der Waals surface area contributed by atoms with Crippen LogP contribution in [0, 0.1) is 4.77 Å². The van der Waals surface area contributed by atoms with Crippen molar-refractivity contribution >= 4 is 12.2 Å². The highest BCUT2D eigenvalue weighted by molar-refractivity contribution is 7.71. The summed E-state index contributed by atoms with van der Waals surface area (Å²) in [6.45, 7) is 3.14. The summed E-state index contributed by atoms with van der Waals surface area (Å²) in [5.74, 6) is 0.480. The highest BCUT2D eigenvalue weighted by Crippen LogP contribution is 2.16. The molecule has 2 nitrogen and oxygen atoms in total. The molecule has 2 rings (SSSR count). The lowest BCUT2D eigenvalue weighted by atomic mass is 10.0. The molecule has 0 aliphatic rings. The summed E-state index contributed by atoms with van der Waals surface area (Å²) in [7, 11) is 0. The van der Waals surface area contributed by atoms with Gasteiger partial charge in [-0.2, -0.15) is 0 Å². The molecule has 0 fully saturated rings. The second-order valence-electron chi connectivity index (χ2n) is 3.73. The van der Waals surface area contributed by atoms with Crippen molar-refractivity contribution in [1.29, 1.82) is 0 Å². The van der Waals surface area contributed by atoms with Crippen LogP contribution < -0.4 is 0 Å². The van der Waals surface area contributed by atoms with E-state index in [2.05, 4.69) is 40.7 Å². The second kappa shape index (κ2) is 4.45. The lowest BCUT2D eigenvalue weighted by Crippen LogP contribution is -2.05. The molecule has 1 unspecified atom stereocenters. The minimum Gasteiger partial charge on any atom is -0.337 e. The van der Waals surface area contributed by atoms with E-state index >= 15 is 0 Å². The van der Waals surface area contributed by atoms with E-state index in [0.717, 1.165) is 11.3 Å². The number of imidazole rings is 1. The summed E-state index contributed by atoms with van der Waals surface area (Å²) >= 11 is 5.16. The third-order valence-corrected chi connectivity index (χ3v) is 2.91. The van der Waals surface area contributed by atoms with Gasteiger partial charge in [-0.25, -0.2) is 0 Å². The van der Waals surface area contributed by atoms with Crippen LogP contribution in [-0.2, 0) is 6.54 Å². The maximum Gasteiger partial charge on any atom is 0.177 e. The normalized spacial score (nSPS) is 12.6. The standard InChI is InChI=1S/C12H14N2S/c1-10(11-5-3-2-4-6-11)9-14-8-7-13-12(14)15/h2-8,10H,9H2,1H3,(H,13,15). The number of hydrogen-bond acceptors (Lipinski definition) is 1. The van der Waals surface area contributed by atoms with Gasteiger partial charge in [0.2, 0.25) is 0 Å². The van der Waals surface area contributed by atoms with E-state index in [1.165, 1.54) is 5.56 Å². The molecule has 2 aromatic rings. The van der Waals surface area contributed by atoms with Crippen LogP contribution >= 0.6 is 12.2 Å². The number of H-pyrrole nitrogens is 1. The molecule has 1 aromatic carbocycles. The number of nitrogens with zero attached hydrogens (tertiary/aromatic N) is 1. The smallest absolute Gasteiger partial charge is 0.177 e. The number of aromatic amines is 1. The van der Waals surface area contributed by atoms with E-state index < -0.39 is 0 Å². The molecule has 0 aliphatic heterocycles. The largest absolute Gasteiger partial charge is 0.337 e. The Hall–Kier alpha value is -1.35. The highest BCUT2D eigenvalue weighted by Gasteiger charge is 2.05. The summed E-state index contributed by atoms with van der Waals surface area (Å²) in [4.78, 5) is 3.00.